The van der Waals surface area contributed by atoms with Gasteiger partial charge in [0, 0.05) is 5.56 Å². The van der Waals surface area contributed by atoms with E-state index in [1.807, 2.05) is 0 Å². The maximum Gasteiger partial charge on any atom is 0.361 e. The molecule has 0 radical (unpaired) electrons. The Balaban J connectivity index is 2.52. The molecule has 88 valence electrons. The van der Waals surface area contributed by atoms with Crippen LogP contribution in [0, 0.1) is 5.82 Å². The molecule has 0 atom stereocenters. The SMILES string of the molecule is O=C(O)Cc1c(-c2cccc(F)c2)[nH]oc1=O. The third-order valence-electron chi connectivity index (χ3n) is 2.24. The lowest BCUT2D eigenvalue weighted by Crippen LogP contribution is -2.09. The molecule has 0 saturated carbocycles. The Bertz CT molecular complexity index is 614. The Labute approximate surface area is 94.5 Å². The number of aromatic amines is 1. The Morgan fingerprint density at radius 1 is 1.47 bits per heavy atom. The second-order valence-corrected chi connectivity index (χ2v) is 3.43. The zero-order valence-corrected chi connectivity index (χ0v) is 8.57. The molecule has 2 N–H and O–H groups in total. The van der Waals surface area contributed by atoms with Crippen LogP contribution in [0.2, 0.25) is 0 Å². The Hall–Kier alpha value is -2.37. The molecule has 0 amide bonds. The Morgan fingerprint density at radius 2 is 2.24 bits per heavy atom. The van der Waals surface area contributed by atoms with E-state index in [-0.39, 0.29) is 11.3 Å². The van der Waals surface area contributed by atoms with E-state index in [4.69, 9.17) is 5.11 Å². The normalized spacial score (nSPS) is 10.4. The van der Waals surface area contributed by atoms with Crippen LogP contribution in [-0.4, -0.2) is 16.2 Å². The average Bonchev–Trinajstić information content (AvgIpc) is 2.60. The minimum Gasteiger partial charge on any atom is -0.481 e. The zero-order chi connectivity index (χ0) is 12.4. The molecule has 0 aliphatic heterocycles. The van der Waals surface area contributed by atoms with Crippen LogP contribution in [0.15, 0.2) is 33.6 Å². The van der Waals surface area contributed by atoms with Gasteiger partial charge in [-0.05, 0) is 12.1 Å². The third kappa shape index (κ3) is 2.25. The van der Waals surface area contributed by atoms with E-state index in [0.29, 0.717) is 5.56 Å². The summed E-state index contributed by atoms with van der Waals surface area (Å²) in [5, 5.41) is 11.0. The minimum absolute atomic E-state index is 0.0249. The summed E-state index contributed by atoms with van der Waals surface area (Å²) in [6.07, 6.45) is -0.475. The van der Waals surface area contributed by atoms with Crippen LogP contribution in [0.3, 0.4) is 0 Å². The first kappa shape index (κ1) is 11.1. The summed E-state index contributed by atoms with van der Waals surface area (Å²) in [5.41, 5.74) is -0.223. The number of carboxylic acid groups (broad SMARTS) is 1. The van der Waals surface area contributed by atoms with Crippen molar-refractivity contribution in [2.24, 2.45) is 0 Å². The van der Waals surface area contributed by atoms with Crippen molar-refractivity contribution in [2.75, 3.05) is 0 Å². The van der Waals surface area contributed by atoms with Crippen LogP contribution in [0.1, 0.15) is 5.56 Å². The van der Waals surface area contributed by atoms with E-state index >= 15 is 0 Å². The molecule has 0 unspecified atom stereocenters. The topological polar surface area (TPSA) is 83.3 Å². The average molecular weight is 237 g/mol. The molecule has 5 nitrogen and oxygen atoms in total. The molecule has 6 heteroatoms. The van der Waals surface area contributed by atoms with Crippen molar-refractivity contribution in [2.45, 2.75) is 6.42 Å². The van der Waals surface area contributed by atoms with Crippen LogP contribution in [-0.2, 0) is 11.2 Å². The Morgan fingerprint density at radius 3 is 2.88 bits per heavy atom. The largest absolute Gasteiger partial charge is 0.481 e. The summed E-state index contributed by atoms with van der Waals surface area (Å²) < 4.78 is 17.5. The van der Waals surface area contributed by atoms with E-state index in [1.165, 1.54) is 18.2 Å². The van der Waals surface area contributed by atoms with Gasteiger partial charge in [0.1, 0.15) is 5.82 Å². The molecule has 1 aromatic heterocycles. The van der Waals surface area contributed by atoms with Gasteiger partial charge < -0.3 is 9.63 Å². The van der Waals surface area contributed by atoms with Gasteiger partial charge in [0.2, 0.25) is 0 Å². The quantitative estimate of drug-likeness (QED) is 0.845. The van der Waals surface area contributed by atoms with Crippen LogP contribution < -0.4 is 5.63 Å². The zero-order valence-electron chi connectivity index (χ0n) is 8.57. The summed E-state index contributed by atoms with van der Waals surface area (Å²) in [5.74, 6) is -1.64. The number of hydrogen-bond donors (Lipinski definition) is 2. The number of halogens is 1. The molecule has 2 rings (SSSR count). The van der Waals surface area contributed by atoms with Crippen molar-refractivity contribution >= 4 is 5.97 Å². The predicted octanol–water partition coefficient (Wildman–Crippen LogP) is 1.40. The fourth-order valence-electron chi connectivity index (χ4n) is 1.51. The molecule has 1 aromatic carbocycles. The summed E-state index contributed by atoms with van der Waals surface area (Å²) >= 11 is 0. The molecule has 2 aromatic rings. The van der Waals surface area contributed by atoms with E-state index in [0.717, 1.165) is 0 Å². The maximum atomic E-state index is 13.0. The number of rotatable bonds is 3. The highest BCUT2D eigenvalue weighted by Gasteiger charge is 2.16. The van der Waals surface area contributed by atoms with Crippen molar-refractivity contribution < 1.29 is 18.8 Å². The van der Waals surface area contributed by atoms with Gasteiger partial charge in [-0.15, -0.1) is 0 Å². The molecular formula is C11H8FNO4. The fourth-order valence-corrected chi connectivity index (χ4v) is 1.51. The fraction of sp³-hybridized carbons (Fsp3) is 0.0909. The van der Waals surface area contributed by atoms with Crippen molar-refractivity contribution in [3.8, 4) is 11.3 Å². The summed E-state index contributed by atoms with van der Waals surface area (Å²) in [6.45, 7) is 0. The smallest absolute Gasteiger partial charge is 0.361 e. The number of carbonyl (C=O) groups is 1. The van der Waals surface area contributed by atoms with Crippen LogP contribution in [0.25, 0.3) is 11.3 Å². The molecule has 0 bridgehead atoms. The van der Waals surface area contributed by atoms with Crippen LogP contribution >= 0.6 is 0 Å². The van der Waals surface area contributed by atoms with Crippen molar-refractivity contribution in [3.05, 3.63) is 46.1 Å². The van der Waals surface area contributed by atoms with E-state index in [2.05, 4.69) is 9.68 Å². The van der Waals surface area contributed by atoms with Crippen molar-refractivity contribution in [1.29, 1.82) is 0 Å². The van der Waals surface area contributed by atoms with Gasteiger partial charge in [0.25, 0.3) is 0 Å². The lowest BCUT2D eigenvalue weighted by Gasteiger charge is -1.99. The van der Waals surface area contributed by atoms with Gasteiger partial charge in [0.05, 0.1) is 17.7 Å². The lowest BCUT2D eigenvalue weighted by atomic mass is 10.1. The molecule has 0 aliphatic rings. The molecule has 0 aliphatic carbocycles. The standard InChI is InChI=1S/C11H8FNO4/c12-7-3-1-2-6(4-7)10-8(5-9(14)15)11(16)17-13-10/h1-4,13H,5H2,(H,14,15). The van der Waals surface area contributed by atoms with Crippen LogP contribution in [0.4, 0.5) is 4.39 Å². The summed E-state index contributed by atoms with van der Waals surface area (Å²) in [7, 11) is 0. The molecule has 0 spiro atoms. The van der Waals surface area contributed by atoms with E-state index in [1.54, 1.807) is 6.07 Å². The molecule has 0 saturated heterocycles. The Kier molecular flexibility index (Phi) is 2.78. The third-order valence-corrected chi connectivity index (χ3v) is 2.24. The maximum absolute atomic E-state index is 13.0. The minimum atomic E-state index is -1.16. The number of nitrogens with one attached hydrogen (secondary N) is 1. The first-order valence-electron chi connectivity index (χ1n) is 4.76. The van der Waals surface area contributed by atoms with Gasteiger partial charge in [-0.1, -0.05) is 12.1 Å². The first-order chi connectivity index (χ1) is 8.08. The number of carboxylic acids is 1. The number of benzene rings is 1. The monoisotopic (exact) mass is 237 g/mol. The number of hydrogen-bond acceptors (Lipinski definition) is 3. The second-order valence-electron chi connectivity index (χ2n) is 3.43. The highest BCUT2D eigenvalue weighted by molar-refractivity contribution is 5.74. The summed E-state index contributed by atoms with van der Waals surface area (Å²) in [4.78, 5) is 21.9. The predicted molar refractivity (Wildman–Crippen MR) is 56.1 cm³/mol. The van der Waals surface area contributed by atoms with Gasteiger partial charge in [-0.2, -0.15) is 0 Å². The second kappa shape index (κ2) is 4.25. The van der Waals surface area contributed by atoms with Crippen LogP contribution in [0.5, 0.6) is 0 Å². The van der Waals surface area contributed by atoms with Gasteiger partial charge >= 0.3 is 11.6 Å². The number of H-pyrrole nitrogens is 1. The molecule has 0 fully saturated rings. The van der Waals surface area contributed by atoms with Gasteiger partial charge in [0.15, 0.2) is 0 Å². The van der Waals surface area contributed by atoms with Gasteiger partial charge in [-0.25, -0.2) is 14.3 Å². The van der Waals surface area contributed by atoms with E-state index in [9.17, 15) is 14.0 Å². The first-order valence-corrected chi connectivity index (χ1v) is 4.76. The van der Waals surface area contributed by atoms with Crippen molar-refractivity contribution in [1.82, 2.24) is 5.16 Å². The van der Waals surface area contributed by atoms with E-state index < -0.39 is 23.8 Å². The highest BCUT2D eigenvalue weighted by Crippen LogP contribution is 2.20. The lowest BCUT2D eigenvalue weighted by molar-refractivity contribution is -0.136. The number of aliphatic carboxylic acids is 1. The highest BCUT2D eigenvalue weighted by atomic mass is 19.1. The van der Waals surface area contributed by atoms with Crippen molar-refractivity contribution in [3.63, 3.8) is 0 Å². The summed E-state index contributed by atoms with van der Waals surface area (Å²) in [6, 6.07) is 5.44. The molecular weight excluding hydrogens is 229 g/mol. The molecule has 1 heterocycles. The number of aromatic nitrogens is 1. The van der Waals surface area contributed by atoms with Gasteiger partial charge in [-0.3, -0.25) is 4.79 Å². The molecule has 17 heavy (non-hydrogen) atoms.